The molecule has 14 heteroatoms. The minimum absolute atomic E-state index is 0.00637. The number of carbonyl (C=O) groups is 3. The highest BCUT2D eigenvalue weighted by molar-refractivity contribution is 6.66. The zero-order valence-electron chi connectivity index (χ0n) is 26.8. The molecular weight excluding hydrogens is 582 g/mol. The summed E-state index contributed by atoms with van der Waals surface area (Å²) >= 11 is 0. The van der Waals surface area contributed by atoms with Crippen LogP contribution in [0.5, 0.6) is 0 Å². The molecule has 0 aliphatic carbocycles. The standard InChI is InChI=1S/C18H35NO7Si.C10H20O4Si/c1-5-17(21)23-14-16(13-20)15-24-18(22)9-11-19-10-8-12-27(4,25-6-2)26-7-3;1-9(2)10(11)14-7-6-8-15(5,12-3)13-4/h5,16,19-20H,1,6-15H2,2-4H3;1,6-8H2,2-5H3. The lowest BCUT2D eigenvalue weighted by molar-refractivity contribution is -0.147. The topological polar surface area (TPSA) is 148 Å². The summed E-state index contributed by atoms with van der Waals surface area (Å²) in [6.45, 7) is 19.1. The van der Waals surface area contributed by atoms with E-state index >= 15 is 0 Å². The van der Waals surface area contributed by atoms with Gasteiger partial charge in [-0.3, -0.25) is 4.79 Å². The average molecular weight is 638 g/mol. The van der Waals surface area contributed by atoms with Crippen molar-refractivity contribution in [1.82, 2.24) is 5.32 Å². The number of aliphatic hydroxyl groups excluding tert-OH is 1. The SMILES string of the molecule is C=C(C)C(=O)OCCC[Si](C)(OC)OC.C=CC(=O)OCC(CO)COC(=O)CCNCCC[Si](C)(OCC)OCC. The van der Waals surface area contributed by atoms with Gasteiger partial charge in [-0.15, -0.1) is 0 Å². The van der Waals surface area contributed by atoms with Crippen LogP contribution in [0.4, 0.5) is 0 Å². The zero-order chi connectivity index (χ0) is 32.4. The molecule has 0 aromatic carbocycles. The Balaban J connectivity index is 0. The van der Waals surface area contributed by atoms with Crippen molar-refractivity contribution in [2.45, 2.75) is 65.2 Å². The van der Waals surface area contributed by atoms with E-state index in [2.05, 4.69) is 25.0 Å². The zero-order valence-corrected chi connectivity index (χ0v) is 28.8. The average Bonchev–Trinajstić information content (AvgIpc) is 2.97. The fourth-order valence-electron chi connectivity index (χ4n) is 3.31. The lowest BCUT2D eigenvalue weighted by Crippen LogP contribution is -2.39. The third kappa shape index (κ3) is 22.7. The van der Waals surface area contributed by atoms with Crippen LogP contribution in [0.3, 0.4) is 0 Å². The van der Waals surface area contributed by atoms with Gasteiger partial charge in [0.25, 0.3) is 0 Å². The van der Waals surface area contributed by atoms with E-state index in [0.717, 1.165) is 37.6 Å². The van der Waals surface area contributed by atoms with Crippen LogP contribution in [0.15, 0.2) is 24.8 Å². The Kier molecular flexibility index (Phi) is 25.7. The van der Waals surface area contributed by atoms with E-state index in [0.29, 0.717) is 31.9 Å². The molecule has 0 rings (SSSR count). The molecule has 0 amide bonds. The van der Waals surface area contributed by atoms with Gasteiger partial charge in [0.15, 0.2) is 0 Å². The van der Waals surface area contributed by atoms with E-state index in [1.165, 1.54) is 0 Å². The van der Waals surface area contributed by atoms with Gasteiger partial charge in [-0.25, -0.2) is 9.59 Å². The van der Waals surface area contributed by atoms with Crippen LogP contribution < -0.4 is 5.32 Å². The molecular formula is C28H55NO11Si2. The molecule has 0 aliphatic heterocycles. The largest absolute Gasteiger partial charge is 0.465 e. The summed E-state index contributed by atoms with van der Waals surface area (Å²) < 4.78 is 37.0. The van der Waals surface area contributed by atoms with Crippen LogP contribution in [0.2, 0.25) is 25.2 Å². The van der Waals surface area contributed by atoms with E-state index < -0.39 is 29.0 Å². The van der Waals surface area contributed by atoms with Crippen molar-refractivity contribution in [1.29, 1.82) is 0 Å². The van der Waals surface area contributed by atoms with Crippen molar-refractivity contribution in [2.75, 3.05) is 67.0 Å². The van der Waals surface area contributed by atoms with Gasteiger partial charge >= 0.3 is 35.0 Å². The smallest absolute Gasteiger partial charge is 0.334 e. The molecule has 246 valence electrons. The first-order valence-corrected chi connectivity index (χ1v) is 19.4. The highest BCUT2D eigenvalue weighted by atomic mass is 28.4. The quantitative estimate of drug-likeness (QED) is 0.0526. The summed E-state index contributed by atoms with van der Waals surface area (Å²) in [5, 5.41) is 12.4. The van der Waals surface area contributed by atoms with E-state index in [1.54, 1.807) is 21.1 Å². The van der Waals surface area contributed by atoms with Crippen molar-refractivity contribution in [3.63, 3.8) is 0 Å². The van der Waals surface area contributed by atoms with Gasteiger partial charge in [0.1, 0.15) is 0 Å². The Hall–Kier alpha value is -1.92. The second-order valence-electron chi connectivity index (χ2n) is 9.73. The monoisotopic (exact) mass is 637 g/mol. The van der Waals surface area contributed by atoms with Gasteiger partial charge in [-0.1, -0.05) is 13.2 Å². The molecule has 2 N–H and O–H groups in total. The third-order valence-electron chi connectivity index (χ3n) is 5.98. The molecule has 0 radical (unpaired) electrons. The number of ether oxygens (including phenoxy) is 3. The molecule has 1 atom stereocenters. The first-order valence-electron chi connectivity index (χ1n) is 14.3. The normalized spacial score (nSPS) is 12.0. The molecule has 1 unspecified atom stereocenters. The highest BCUT2D eigenvalue weighted by Crippen LogP contribution is 2.15. The predicted octanol–water partition coefficient (Wildman–Crippen LogP) is 3.24. The third-order valence-corrected chi connectivity index (χ3v) is 12.0. The van der Waals surface area contributed by atoms with Crippen LogP contribution in [0.1, 0.15) is 40.0 Å². The van der Waals surface area contributed by atoms with Crippen LogP contribution in [-0.2, 0) is 46.3 Å². The van der Waals surface area contributed by atoms with Crippen LogP contribution in [0.25, 0.3) is 0 Å². The molecule has 0 heterocycles. The molecule has 0 aliphatic rings. The number of rotatable bonds is 24. The van der Waals surface area contributed by atoms with Crippen LogP contribution >= 0.6 is 0 Å². The molecule has 0 saturated heterocycles. The van der Waals surface area contributed by atoms with Crippen molar-refractivity contribution >= 4 is 35.0 Å². The Morgan fingerprint density at radius 2 is 1.48 bits per heavy atom. The summed E-state index contributed by atoms with van der Waals surface area (Å²) in [7, 11) is -0.791. The number of aliphatic hydroxyl groups is 1. The molecule has 42 heavy (non-hydrogen) atoms. The van der Waals surface area contributed by atoms with E-state index in [-0.39, 0.29) is 38.2 Å². The fraction of sp³-hybridized carbons (Fsp3) is 0.750. The Morgan fingerprint density at radius 1 is 0.905 bits per heavy atom. The van der Waals surface area contributed by atoms with Gasteiger partial charge in [0.2, 0.25) is 0 Å². The first kappa shape index (κ1) is 42.2. The maximum Gasteiger partial charge on any atom is 0.334 e. The molecule has 0 aromatic rings. The molecule has 12 nitrogen and oxygen atoms in total. The summed E-state index contributed by atoms with van der Waals surface area (Å²) in [4.78, 5) is 33.7. The predicted molar refractivity (Wildman–Crippen MR) is 165 cm³/mol. The van der Waals surface area contributed by atoms with Crippen LogP contribution in [-0.4, -0.2) is 107 Å². The maximum atomic E-state index is 11.7. The van der Waals surface area contributed by atoms with Crippen molar-refractivity contribution in [3.05, 3.63) is 24.8 Å². The lowest BCUT2D eigenvalue weighted by atomic mass is 10.2. The Labute approximate surface area is 254 Å². The molecule has 0 fully saturated rings. The van der Waals surface area contributed by atoms with Gasteiger partial charge < -0.3 is 42.3 Å². The summed E-state index contributed by atoms with van der Waals surface area (Å²) in [6, 6.07) is 1.71. The molecule has 0 aromatic heterocycles. The Morgan fingerprint density at radius 3 is 1.98 bits per heavy atom. The van der Waals surface area contributed by atoms with Gasteiger partial charge in [0.05, 0.1) is 38.8 Å². The van der Waals surface area contributed by atoms with Crippen molar-refractivity contribution in [3.8, 4) is 0 Å². The van der Waals surface area contributed by atoms with Crippen molar-refractivity contribution in [2.24, 2.45) is 5.92 Å². The summed E-state index contributed by atoms with van der Waals surface area (Å²) in [5.41, 5.74) is 0.425. The number of hydrogen-bond acceptors (Lipinski definition) is 12. The maximum absolute atomic E-state index is 11.7. The van der Waals surface area contributed by atoms with Gasteiger partial charge in [-0.05, 0) is 65.3 Å². The highest BCUT2D eigenvalue weighted by Gasteiger charge is 2.30. The minimum atomic E-state index is -2.08. The lowest BCUT2D eigenvalue weighted by Gasteiger charge is -2.25. The van der Waals surface area contributed by atoms with E-state index in [4.69, 9.17) is 31.9 Å². The Bertz CT molecular complexity index is 773. The molecule has 0 bridgehead atoms. The van der Waals surface area contributed by atoms with Gasteiger partial charge in [0, 0.05) is 45.6 Å². The second kappa shape index (κ2) is 25.6. The first-order chi connectivity index (χ1) is 19.9. The van der Waals surface area contributed by atoms with E-state index in [9.17, 15) is 19.5 Å². The molecule has 0 saturated carbocycles. The fourth-order valence-corrected chi connectivity index (χ4v) is 7.08. The van der Waals surface area contributed by atoms with Gasteiger partial charge in [-0.2, -0.15) is 0 Å². The summed E-state index contributed by atoms with van der Waals surface area (Å²) in [6.07, 6.45) is 2.94. The number of nitrogens with one attached hydrogen (secondary N) is 1. The number of carbonyl (C=O) groups excluding carboxylic acids is 3. The molecule has 0 spiro atoms. The van der Waals surface area contributed by atoms with Crippen molar-refractivity contribution < 1.29 is 51.4 Å². The second-order valence-corrected chi connectivity index (χ2v) is 16.7. The van der Waals surface area contributed by atoms with E-state index in [1.807, 2.05) is 20.4 Å². The minimum Gasteiger partial charge on any atom is -0.465 e. The van der Waals surface area contributed by atoms with Crippen LogP contribution in [0, 0.1) is 5.92 Å². The number of esters is 3. The number of hydrogen-bond donors (Lipinski definition) is 2. The summed E-state index contributed by atoms with van der Waals surface area (Å²) in [5.74, 6) is -1.71.